The van der Waals surface area contributed by atoms with E-state index in [9.17, 15) is 5.11 Å². The lowest BCUT2D eigenvalue weighted by molar-refractivity contribution is 0.480. The standard InChI is InChI=1S/C26H17N3OS/c30-23-9-5-6-17-11-14-25(28-26(17)23)31-18-12-13-20-19-7-1-2-8-21(19)29(22(20)16-18)24-10-3-4-15-27-24/h1-16,30H/i1D,12D. The van der Waals surface area contributed by atoms with Gasteiger partial charge in [0.2, 0.25) is 0 Å². The second-order valence-electron chi connectivity index (χ2n) is 7.16. The Labute approximate surface area is 185 Å². The Hall–Kier alpha value is -3.83. The summed E-state index contributed by atoms with van der Waals surface area (Å²) in [7, 11) is 0. The Bertz CT molecular complexity index is 1680. The predicted molar refractivity (Wildman–Crippen MR) is 126 cm³/mol. The van der Waals surface area contributed by atoms with Gasteiger partial charge >= 0.3 is 0 Å². The number of aromatic nitrogens is 3. The minimum atomic E-state index is 0.137. The molecule has 0 aliphatic heterocycles. The molecule has 0 radical (unpaired) electrons. The van der Waals surface area contributed by atoms with Crippen molar-refractivity contribution in [3.63, 3.8) is 0 Å². The number of rotatable bonds is 3. The molecule has 0 aliphatic carbocycles. The van der Waals surface area contributed by atoms with Crippen molar-refractivity contribution >= 4 is 44.5 Å². The number of phenolic OH excluding ortho intramolecular Hbond substituents is 1. The van der Waals surface area contributed by atoms with Crippen LogP contribution in [0.1, 0.15) is 2.74 Å². The minimum absolute atomic E-state index is 0.137. The maximum Gasteiger partial charge on any atom is 0.141 e. The summed E-state index contributed by atoms with van der Waals surface area (Å²) in [5, 5.41) is 13.6. The van der Waals surface area contributed by atoms with E-state index in [0.29, 0.717) is 22.6 Å². The van der Waals surface area contributed by atoms with Gasteiger partial charge in [-0.2, -0.15) is 0 Å². The van der Waals surface area contributed by atoms with Gasteiger partial charge in [-0.25, -0.2) is 9.97 Å². The molecular formula is C26H17N3OS. The molecule has 6 aromatic rings. The summed E-state index contributed by atoms with van der Waals surface area (Å²) in [6, 6.07) is 25.1. The summed E-state index contributed by atoms with van der Waals surface area (Å²) in [5.74, 6) is 0.913. The highest BCUT2D eigenvalue weighted by Crippen LogP contribution is 2.36. The van der Waals surface area contributed by atoms with E-state index in [0.717, 1.165) is 37.9 Å². The Kier molecular flexibility index (Phi) is 3.67. The third-order valence-corrected chi connectivity index (χ3v) is 6.17. The second-order valence-corrected chi connectivity index (χ2v) is 8.23. The van der Waals surface area contributed by atoms with Crippen LogP contribution in [-0.4, -0.2) is 19.6 Å². The maximum absolute atomic E-state index is 10.2. The molecule has 0 atom stereocenters. The van der Waals surface area contributed by atoms with Crippen LogP contribution in [0, 0.1) is 0 Å². The molecule has 0 unspecified atom stereocenters. The number of nitrogens with zero attached hydrogens (tertiary/aromatic N) is 3. The summed E-state index contributed by atoms with van der Waals surface area (Å²) in [6.45, 7) is 0. The number of pyridine rings is 2. The SMILES string of the molecule is [2H]c1ccc2c(c1)c1cc([2H])c(Sc3ccc4cccc(O)c4n3)cc1n2-c1ccccn1. The van der Waals surface area contributed by atoms with Crippen LogP contribution in [0.15, 0.2) is 107 Å². The first kappa shape index (κ1) is 15.9. The summed E-state index contributed by atoms with van der Waals surface area (Å²) < 4.78 is 18.8. The highest BCUT2D eigenvalue weighted by atomic mass is 32.2. The number of phenols is 1. The molecule has 0 amide bonds. The average Bonchev–Trinajstić information content (AvgIpc) is 3.13. The van der Waals surface area contributed by atoms with E-state index in [-0.39, 0.29) is 5.75 Å². The molecular weight excluding hydrogens is 402 g/mol. The van der Waals surface area contributed by atoms with Gasteiger partial charge in [0.1, 0.15) is 22.1 Å². The molecule has 148 valence electrons. The molecule has 0 saturated carbocycles. The predicted octanol–water partition coefficient (Wildman–Crippen LogP) is 6.58. The zero-order chi connectivity index (χ0) is 22.5. The first-order valence-corrected chi connectivity index (χ1v) is 10.6. The van der Waals surface area contributed by atoms with E-state index in [4.69, 9.17) is 2.74 Å². The first-order chi connectivity index (χ1) is 16.1. The van der Waals surface area contributed by atoms with Gasteiger partial charge in [0.15, 0.2) is 0 Å². The van der Waals surface area contributed by atoms with E-state index >= 15 is 0 Å². The third kappa shape index (κ3) is 3.02. The van der Waals surface area contributed by atoms with Gasteiger partial charge in [0.25, 0.3) is 0 Å². The number of para-hydroxylation sites is 2. The Morgan fingerprint density at radius 1 is 0.871 bits per heavy atom. The summed E-state index contributed by atoms with van der Waals surface area (Å²) in [5.41, 5.74) is 2.40. The van der Waals surface area contributed by atoms with E-state index < -0.39 is 0 Å². The maximum atomic E-state index is 10.2. The molecule has 5 heteroatoms. The zero-order valence-corrected chi connectivity index (χ0v) is 17.1. The molecule has 0 bridgehead atoms. The fraction of sp³-hybridized carbons (Fsp3) is 0. The smallest absolute Gasteiger partial charge is 0.141 e. The van der Waals surface area contributed by atoms with Crippen LogP contribution in [0.4, 0.5) is 0 Å². The van der Waals surface area contributed by atoms with Crippen molar-refractivity contribution in [3.05, 3.63) is 97.1 Å². The van der Waals surface area contributed by atoms with Crippen LogP contribution in [0.2, 0.25) is 0 Å². The highest BCUT2D eigenvalue weighted by Gasteiger charge is 2.14. The van der Waals surface area contributed by atoms with Gasteiger partial charge in [-0.15, -0.1) is 0 Å². The van der Waals surface area contributed by atoms with Gasteiger partial charge in [-0.05, 0) is 48.5 Å². The van der Waals surface area contributed by atoms with Crippen LogP contribution in [0.3, 0.4) is 0 Å². The summed E-state index contributed by atoms with van der Waals surface area (Å²) in [6.07, 6.45) is 1.76. The lowest BCUT2D eigenvalue weighted by Gasteiger charge is -2.08. The molecule has 0 saturated heterocycles. The van der Waals surface area contributed by atoms with Crippen LogP contribution < -0.4 is 0 Å². The average molecular weight is 422 g/mol. The molecule has 0 fully saturated rings. The van der Waals surface area contributed by atoms with E-state index in [2.05, 4.69) is 14.5 Å². The Morgan fingerprint density at radius 2 is 1.81 bits per heavy atom. The lowest BCUT2D eigenvalue weighted by atomic mass is 10.2. The molecule has 0 aliphatic rings. The van der Waals surface area contributed by atoms with E-state index in [1.165, 1.54) is 11.8 Å². The van der Waals surface area contributed by atoms with Gasteiger partial charge in [0.05, 0.1) is 13.8 Å². The number of aromatic hydroxyl groups is 1. The molecule has 4 nitrogen and oxygen atoms in total. The van der Waals surface area contributed by atoms with Gasteiger partial charge in [-0.1, -0.05) is 54.2 Å². The summed E-state index contributed by atoms with van der Waals surface area (Å²) in [4.78, 5) is 9.90. The number of fused-ring (bicyclic) bond motifs is 4. The van der Waals surface area contributed by atoms with Gasteiger partial charge in [-0.3, -0.25) is 4.57 Å². The van der Waals surface area contributed by atoms with Crippen molar-refractivity contribution in [1.82, 2.24) is 14.5 Å². The first-order valence-electron chi connectivity index (χ1n) is 10.8. The van der Waals surface area contributed by atoms with Crippen molar-refractivity contribution in [2.24, 2.45) is 0 Å². The molecule has 31 heavy (non-hydrogen) atoms. The van der Waals surface area contributed by atoms with Crippen LogP contribution in [-0.2, 0) is 0 Å². The van der Waals surface area contributed by atoms with Crippen molar-refractivity contribution in [2.75, 3.05) is 0 Å². The minimum Gasteiger partial charge on any atom is -0.506 e. The molecule has 3 aromatic carbocycles. The summed E-state index contributed by atoms with van der Waals surface area (Å²) >= 11 is 1.39. The van der Waals surface area contributed by atoms with Crippen LogP contribution in [0.25, 0.3) is 38.5 Å². The fourth-order valence-electron chi connectivity index (χ4n) is 3.90. The Morgan fingerprint density at radius 3 is 2.71 bits per heavy atom. The van der Waals surface area contributed by atoms with Crippen molar-refractivity contribution in [1.29, 1.82) is 0 Å². The van der Waals surface area contributed by atoms with Gasteiger partial charge < -0.3 is 5.11 Å². The number of benzene rings is 3. The zero-order valence-electron chi connectivity index (χ0n) is 18.3. The fourth-order valence-corrected chi connectivity index (χ4v) is 4.69. The van der Waals surface area contributed by atoms with Gasteiger partial charge in [0, 0.05) is 27.3 Å². The Balaban J connectivity index is 1.56. The highest BCUT2D eigenvalue weighted by molar-refractivity contribution is 7.99. The van der Waals surface area contributed by atoms with Crippen LogP contribution in [0.5, 0.6) is 5.75 Å². The molecule has 1 N–H and O–H groups in total. The van der Waals surface area contributed by atoms with Crippen molar-refractivity contribution < 1.29 is 7.85 Å². The molecule has 0 spiro atoms. The van der Waals surface area contributed by atoms with Crippen molar-refractivity contribution in [3.8, 4) is 11.6 Å². The molecule has 6 rings (SSSR count). The topological polar surface area (TPSA) is 50.9 Å². The monoisotopic (exact) mass is 421 g/mol. The largest absolute Gasteiger partial charge is 0.506 e. The normalized spacial score (nSPS) is 12.4. The number of hydrogen-bond acceptors (Lipinski definition) is 4. The van der Waals surface area contributed by atoms with E-state index in [1.807, 2.05) is 60.7 Å². The molecule has 3 aromatic heterocycles. The van der Waals surface area contributed by atoms with E-state index in [1.54, 1.807) is 24.4 Å². The quantitative estimate of drug-likeness (QED) is 0.350. The molecule has 3 heterocycles. The number of hydrogen-bond donors (Lipinski definition) is 1. The third-order valence-electron chi connectivity index (χ3n) is 5.28. The van der Waals surface area contributed by atoms with Crippen LogP contribution >= 0.6 is 11.8 Å². The van der Waals surface area contributed by atoms with Crippen molar-refractivity contribution in [2.45, 2.75) is 9.92 Å². The second kappa shape index (κ2) is 7.15. The lowest BCUT2D eigenvalue weighted by Crippen LogP contribution is -1.96.